The number of carbonyl (C=O) groups is 2. The molecule has 0 atom stereocenters. The fourth-order valence-corrected chi connectivity index (χ4v) is 8.09. The number of hydrogen-bond acceptors (Lipinski definition) is 11. The van der Waals surface area contributed by atoms with E-state index in [2.05, 4.69) is 22.3 Å². The molecule has 1 heterocycles. The van der Waals surface area contributed by atoms with Gasteiger partial charge in [-0.1, -0.05) is 105 Å². The van der Waals surface area contributed by atoms with E-state index in [1.807, 2.05) is 12.1 Å². The summed E-state index contributed by atoms with van der Waals surface area (Å²) in [4.78, 5) is 45.9. The molecule has 6 aromatic rings. The van der Waals surface area contributed by atoms with Gasteiger partial charge in [0.05, 0.1) is 44.2 Å². The summed E-state index contributed by atoms with van der Waals surface area (Å²) in [6.07, 6.45) is 7.55. The standard InChI is InChI=1S/C43H38N2O10S2/c1-2-3-4-5-6-8-13-26-18-23-33(35(24-26)56-55-54-49)53-34-25-32(44-28-19-21-29(22-20-28)57(50,51)52)37-38-36(30-16-11-12-17-31(30)42(37)47)39(43(48)45-40(34)38)41(46)27-14-9-7-10-15-27/h7,9-12,14-25,44,49H,2-6,8,13H2,1H3,(H,45,48)(H,50,51,52). The van der Waals surface area contributed by atoms with Gasteiger partial charge in [0.15, 0.2) is 17.3 Å². The molecule has 0 fully saturated rings. The highest BCUT2D eigenvalue weighted by atomic mass is 32.2. The van der Waals surface area contributed by atoms with Gasteiger partial charge in [-0.05, 0) is 60.4 Å². The Morgan fingerprint density at radius 2 is 1.51 bits per heavy atom. The van der Waals surface area contributed by atoms with Crippen LogP contribution in [0.15, 0.2) is 118 Å². The van der Waals surface area contributed by atoms with Crippen LogP contribution in [0.3, 0.4) is 0 Å². The molecule has 0 aliphatic heterocycles. The maximum Gasteiger partial charge on any atom is 0.294 e. The number of nitrogens with one attached hydrogen (secondary N) is 2. The summed E-state index contributed by atoms with van der Waals surface area (Å²) in [7, 11) is -4.48. The lowest BCUT2D eigenvalue weighted by molar-refractivity contribution is -0.432. The predicted octanol–water partition coefficient (Wildman–Crippen LogP) is 10.1. The molecule has 57 heavy (non-hydrogen) atoms. The Balaban J connectivity index is 1.42. The third-order valence-electron chi connectivity index (χ3n) is 9.82. The van der Waals surface area contributed by atoms with Crippen LogP contribution in [-0.4, -0.2) is 34.8 Å². The van der Waals surface area contributed by atoms with Crippen molar-refractivity contribution < 1.29 is 41.9 Å². The van der Waals surface area contributed by atoms with Crippen LogP contribution in [0.1, 0.15) is 82.9 Å². The van der Waals surface area contributed by atoms with Gasteiger partial charge in [-0.3, -0.25) is 18.9 Å². The zero-order valence-corrected chi connectivity index (χ0v) is 32.4. The van der Waals surface area contributed by atoms with Gasteiger partial charge in [-0.15, -0.1) is 4.33 Å². The number of rotatable bonds is 17. The van der Waals surface area contributed by atoms with Crippen molar-refractivity contribution in [2.24, 2.45) is 0 Å². The number of carbonyl (C=O) groups excluding carboxylic acids is 2. The molecule has 0 radical (unpaired) electrons. The Bertz CT molecular complexity index is 2640. The summed E-state index contributed by atoms with van der Waals surface area (Å²) in [5.74, 6) is -0.603. The molecule has 5 aromatic carbocycles. The van der Waals surface area contributed by atoms with Crippen molar-refractivity contribution >= 4 is 56.0 Å². The van der Waals surface area contributed by atoms with Crippen molar-refractivity contribution in [1.29, 1.82) is 0 Å². The largest absolute Gasteiger partial charge is 0.454 e. The Labute approximate surface area is 332 Å². The van der Waals surface area contributed by atoms with Gasteiger partial charge >= 0.3 is 0 Å². The first-order valence-corrected chi connectivity index (χ1v) is 20.6. The van der Waals surface area contributed by atoms with Gasteiger partial charge in [-0.2, -0.15) is 8.42 Å². The molecule has 0 bridgehead atoms. The van der Waals surface area contributed by atoms with Gasteiger partial charge in [0, 0.05) is 33.8 Å². The number of benzene rings is 5. The maximum absolute atomic E-state index is 14.5. The fraction of sp³-hybridized carbons (Fsp3) is 0.186. The van der Waals surface area contributed by atoms with Crippen LogP contribution < -0.4 is 15.6 Å². The SMILES string of the molecule is CCCCCCCCc1ccc(Oc2cc(Nc3ccc(S(=O)(=O)O)cc3)c3c4c(c(C(=O)c5ccccc5)c(=O)[nH]c24)-c2ccccc2C3=O)c(SOOO)c1. The number of hydrogen-bond donors (Lipinski definition) is 4. The third-order valence-corrected chi connectivity index (χ3v) is 11.3. The van der Waals surface area contributed by atoms with Crippen molar-refractivity contribution in [3.8, 4) is 22.6 Å². The van der Waals surface area contributed by atoms with E-state index in [1.165, 1.54) is 49.6 Å². The van der Waals surface area contributed by atoms with E-state index in [0.717, 1.165) is 31.2 Å². The highest BCUT2D eigenvalue weighted by molar-refractivity contribution is 7.94. The van der Waals surface area contributed by atoms with E-state index in [0.29, 0.717) is 28.2 Å². The van der Waals surface area contributed by atoms with Crippen LogP contribution in [0.4, 0.5) is 11.4 Å². The lowest BCUT2D eigenvalue weighted by Gasteiger charge is -2.26. The van der Waals surface area contributed by atoms with Crippen molar-refractivity contribution in [2.45, 2.75) is 61.7 Å². The Morgan fingerprint density at radius 1 is 0.807 bits per heavy atom. The van der Waals surface area contributed by atoms with Gasteiger partial charge < -0.3 is 15.0 Å². The number of H-pyrrole nitrogens is 1. The average Bonchev–Trinajstić information content (AvgIpc) is 3.21. The first-order chi connectivity index (χ1) is 27.6. The zero-order valence-electron chi connectivity index (χ0n) is 30.7. The number of unbranched alkanes of at least 4 members (excludes halogenated alkanes) is 5. The van der Waals surface area contributed by atoms with Crippen LogP contribution >= 0.6 is 12.0 Å². The molecular weight excluding hydrogens is 769 g/mol. The summed E-state index contributed by atoms with van der Waals surface area (Å²) in [6.45, 7) is 2.18. The van der Waals surface area contributed by atoms with Crippen LogP contribution in [0.2, 0.25) is 0 Å². The number of fused-ring (bicyclic) bond motifs is 2. The number of aromatic nitrogens is 1. The van der Waals surface area contributed by atoms with E-state index < -0.39 is 27.2 Å². The van der Waals surface area contributed by atoms with Gasteiger partial charge in [-0.25, -0.2) is 5.26 Å². The second-order valence-electron chi connectivity index (χ2n) is 13.6. The van der Waals surface area contributed by atoms with Crippen LogP contribution in [0.25, 0.3) is 22.0 Å². The lowest BCUT2D eigenvalue weighted by atomic mass is 9.80. The zero-order chi connectivity index (χ0) is 40.1. The van der Waals surface area contributed by atoms with E-state index >= 15 is 0 Å². The smallest absolute Gasteiger partial charge is 0.294 e. The number of anilines is 2. The predicted molar refractivity (Wildman–Crippen MR) is 217 cm³/mol. The van der Waals surface area contributed by atoms with E-state index in [1.54, 1.807) is 60.7 Å². The number of aryl methyl sites for hydroxylation is 1. The van der Waals surface area contributed by atoms with E-state index in [-0.39, 0.29) is 60.8 Å². The summed E-state index contributed by atoms with van der Waals surface area (Å²) < 4.78 is 44.6. The Hall–Kier alpha value is -5.61. The number of ketones is 2. The summed E-state index contributed by atoms with van der Waals surface area (Å²) >= 11 is 0.713. The minimum Gasteiger partial charge on any atom is -0.454 e. The number of ether oxygens (including phenoxy) is 1. The molecule has 0 amide bonds. The molecule has 12 nitrogen and oxygen atoms in total. The number of pyridine rings is 1. The first-order valence-electron chi connectivity index (χ1n) is 18.4. The number of aromatic amines is 1. The second kappa shape index (κ2) is 17.3. The monoisotopic (exact) mass is 806 g/mol. The van der Waals surface area contributed by atoms with Crippen molar-refractivity contribution in [2.75, 3.05) is 5.32 Å². The Morgan fingerprint density at radius 3 is 2.23 bits per heavy atom. The molecule has 0 spiro atoms. The van der Waals surface area contributed by atoms with Gasteiger partial charge in [0.25, 0.3) is 15.7 Å². The van der Waals surface area contributed by atoms with Crippen molar-refractivity contribution in [1.82, 2.24) is 4.98 Å². The quantitative estimate of drug-likeness (QED) is 0.0171. The fourth-order valence-electron chi connectivity index (χ4n) is 7.12. The minimum atomic E-state index is -4.48. The van der Waals surface area contributed by atoms with Crippen molar-refractivity contribution in [3.05, 3.63) is 141 Å². The lowest BCUT2D eigenvalue weighted by Crippen LogP contribution is -2.24. The molecule has 1 aromatic heterocycles. The molecule has 1 aliphatic carbocycles. The van der Waals surface area contributed by atoms with E-state index in [9.17, 15) is 27.4 Å². The average molecular weight is 807 g/mol. The van der Waals surface area contributed by atoms with Crippen molar-refractivity contribution in [3.63, 3.8) is 0 Å². The molecule has 292 valence electrons. The molecule has 4 N–H and O–H groups in total. The topological polar surface area (TPSA) is 181 Å². The molecule has 0 unspecified atom stereocenters. The maximum atomic E-state index is 14.5. The molecule has 0 saturated carbocycles. The summed E-state index contributed by atoms with van der Waals surface area (Å²) in [6, 6.07) is 27.3. The van der Waals surface area contributed by atoms with Crippen LogP contribution in [0, 0.1) is 0 Å². The summed E-state index contributed by atoms with van der Waals surface area (Å²) in [5.41, 5.74) is 2.12. The second-order valence-corrected chi connectivity index (χ2v) is 15.7. The van der Waals surface area contributed by atoms with E-state index in [4.69, 9.17) is 14.3 Å². The third kappa shape index (κ3) is 8.42. The minimum absolute atomic E-state index is 0.0884. The first kappa shape index (κ1) is 39.6. The highest BCUT2D eigenvalue weighted by Gasteiger charge is 2.35. The van der Waals surface area contributed by atoms with Gasteiger partial charge in [0.2, 0.25) is 0 Å². The highest BCUT2D eigenvalue weighted by Crippen LogP contribution is 2.48. The molecular formula is C43H38N2O10S2. The molecule has 14 heteroatoms. The molecule has 7 rings (SSSR count). The van der Waals surface area contributed by atoms with Crippen LogP contribution in [-0.2, 0) is 25.9 Å². The normalized spacial score (nSPS) is 12.1. The van der Waals surface area contributed by atoms with Crippen LogP contribution in [0.5, 0.6) is 11.5 Å². The van der Waals surface area contributed by atoms with Gasteiger partial charge in [0.1, 0.15) is 5.75 Å². The molecule has 0 saturated heterocycles. The summed E-state index contributed by atoms with van der Waals surface area (Å²) in [5, 5.41) is 16.4. The molecule has 1 aliphatic rings. The Kier molecular flexibility index (Phi) is 12.0.